The predicted octanol–water partition coefficient (Wildman–Crippen LogP) is 6.41. The van der Waals surface area contributed by atoms with Gasteiger partial charge < -0.3 is 10.1 Å². The first-order valence-electron chi connectivity index (χ1n) is 10.5. The Bertz CT molecular complexity index is 1240. The highest BCUT2D eigenvalue weighted by Crippen LogP contribution is 2.32. The summed E-state index contributed by atoms with van der Waals surface area (Å²) in [4.78, 5) is 17.3. The Hall–Kier alpha value is -3.31. The molecule has 0 aliphatic carbocycles. The minimum atomic E-state index is -0.861. The summed E-state index contributed by atoms with van der Waals surface area (Å²) in [5.41, 5.74) is 4.33. The molecule has 0 radical (unpaired) electrons. The lowest BCUT2D eigenvalue weighted by atomic mass is 10.1. The van der Waals surface area contributed by atoms with Crippen molar-refractivity contribution in [3.8, 4) is 17.0 Å². The molecule has 32 heavy (non-hydrogen) atoms. The zero-order valence-electron chi connectivity index (χ0n) is 18.6. The summed E-state index contributed by atoms with van der Waals surface area (Å²) in [6.07, 6.45) is 2.02. The van der Waals surface area contributed by atoms with Crippen LogP contribution in [0, 0.1) is 6.92 Å². The van der Waals surface area contributed by atoms with Gasteiger partial charge in [0.2, 0.25) is 0 Å². The van der Waals surface area contributed by atoms with E-state index in [0.29, 0.717) is 11.3 Å². The standard InChI is InChI=1S/C26H26ClN3O2/c1-17-14-15-30-21(16-17)28-23(24(30)29-26(2,3)4)19-10-12-20(13-11-19)32-25(31)22(27)18-8-6-5-7-9-18/h5-16,22,29H,1-4H3. The van der Waals surface area contributed by atoms with Gasteiger partial charge in [-0.3, -0.25) is 4.40 Å². The van der Waals surface area contributed by atoms with Gasteiger partial charge in [0, 0.05) is 17.3 Å². The fourth-order valence-electron chi connectivity index (χ4n) is 3.43. The van der Waals surface area contributed by atoms with Crippen LogP contribution in [0.1, 0.15) is 37.3 Å². The molecule has 0 spiro atoms. The average molecular weight is 448 g/mol. The van der Waals surface area contributed by atoms with E-state index in [1.165, 1.54) is 0 Å². The Morgan fingerprint density at radius 2 is 1.75 bits per heavy atom. The van der Waals surface area contributed by atoms with Gasteiger partial charge in [-0.05, 0) is 75.2 Å². The number of rotatable bonds is 5. The third kappa shape index (κ3) is 4.78. The van der Waals surface area contributed by atoms with Gasteiger partial charge in [0.05, 0.1) is 0 Å². The Kier molecular flexibility index (Phi) is 5.94. The van der Waals surface area contributed by atoms with E-state index in [-0.39, 0.29) is 5.54 Å². The number of carbonyl (C=O) groups is 1. The number of nitrogens with zero attached hydrogens (tertiary/aromatic N) is 2. The van der Waals surface area contributed by atoms with Crippen molar-refractivity contribution in [2.45, 2.75) is 38.6 Å². The zero-order valence-corrected chi connectivity index (χ0v) is 19.4. The molecular weight excluding hydrogens is 422 g/mol. The molecule has 0 amide bonds. The minimum absolute atomic E-state index is 0.141. The van der Waals surface area contributed by atoms with Crippen LogP contribution in [-0.4, -0.2) is 20.9 Å². The van der Waals surface area contributed by atoms with Gasteiger partial charge in [0.1, 0.15) is 22.9 Å². The molecule has 2 aromatic heterocycles. The van der Waals surface area contributed by atoms with Crippen molar-refractivity contribution in [1.82, 2.24) is 9.38 Å². The highest BCUT2D eigenvalue weighted by atomic mass is 35.5. The molecule has 4 aromatic rings. The Balaban J connectivity index is 1.61. The quantitative estimate of drug-likeness (QED) is 0.218. The second-order valence-electron chi connectivity index (χ2n) is 8.84. The lowest BCUT2D eigenvalue weighted by molar-refractivity contribution is -0.134. The second-order valence-corrected chi connectivity index (χ2v) is 9.27. The number of carbonyl (C=O) groups excluding carboxylic acids is 1. The lowest BCUT2D eigenvalue weighted by Gasteiger charge is -2.22. The first-order valence-corrected chi connectivity index (χ1v) is 10.9. The number of anilines is 1. The first-order chi connectivity index (χ1) is 15.2. The zero-order chi connectivity index (χ0) is 22.9. The van der Waals surface area contributed by atoms with Crippen molar-refractivity contribution in [2.24, 2.45) is 0 Å². The highest BCUT2D eigenvalue weighted by Gasteiger charge is 2.21. The number of halogens is 1. The molecule has 1 unspecified atom stereocenters. The van der Waals surface area contributed by atoms with Crippen LogP contribution in [0.25, 0.3) is 16.9 Å². The van der Waals surface area contributed by atoms with Crippen LogP contribution in [-0.2, 0) is 4.79 Å². The lowest BCUT2D eigenvalue weighted by Crippen LogP contribution is -2.27. The summed E-state index contributed by atoms with van der Waals surface area (Å²) < 4.78 is 7.55. The summed E-state index contributed by atoms with van der Waals surface area (Å²) in [5, 5.41) is 2.71. The topological polar surface area (TPSA) is 55.6 Å². The summed E-state index contributed by atoms with van der Waals surface area (Å²) in [6, 6.07) is 20.6. The maximum absolute atomic E-state index is 12.4. The third-order valence-electron chi connectivity index (χ3n) is 4.92. The Labute approximate surface area is 193 Å². The van der Waals surface area contributed by atoms with Crippen molar-refractivity contribution in [3.63, 3.8) is 0 Å². The van der Waals surface area contributed by atoms with Gasteiger partial charge in [-0.2, -0.15) is 0 Å². The number of hydrogen-bond donors (Lipinski definition) is 1. The number of pyridine rings is 1. The molecule has 0 aliphatic heterocycles. The fourth-order valence-corrected chi connectivity index (χ4v) is 3.62. The van der Waals surface area contributed by atoms with Gasteiger partial charge in [-0.25, -0.2) is 9.78 Å². The van der Waals surface area contributed by atoms with Crippen LogP contribution in [0.3, 0.4) is 0 Å². The summed E-state index contributed by atoms with van der Waals surface area (Å²) in [7, 11) is 0. The molecule has 164 valence electrons. The molecule has 4 rings (SSSR count). The number of ether oxygens (including phenoxy) is 1. The molecule has 1 N–H and O–H groups in total. The van der Waals surface area contributed by atoms with E-state index >= 15 is 0 Å². The van der Waals surface area contributed by atoms with Crippen molar-refractivity contribution >= 4 is 29.0 Å². The number of hydrogen-bond acceptors (Lipinski definition) is 4. The number of nitrogens with one attached hydrogen (secondary N) is 1. The second kappa shape index (κ2) is 8.67. The van der Waals surface area contributed by atoms with Crippen molar-refractivity contribution in [3.05, 3.63) is 84.1 Å². The summed E-state index contributed by atoms with van der Waals surface area (Å²) in [6.45, 7) is 8.39. The molecular formula is C26H26ClN3O2. The molecule has 0 aliphatic rings. The van der Waals surface area contributed by atoms with E-state index < -0.39 is 11.3 Å². The fraction of sp³-hybridized carbons (Fsp3) is 0.231. The van der Waals surface area contributed by atoms with E-state index in [2.05, 4.69) is 42.6 Å². The van der Waals surface area contributed by atoms with Gasteiger partial charge in [0.25, 0.3) is 0 Å². The SMILES string of the molecule is Cc1ccn2c(NC(C)(C)C)c(-c3ccc(OC(=O)C(Cl)c4ccccc4)cc3)nc2c1. The molecule has 0 saturated carbocycles. The van der Waals surface area contributed by atoms with Crippen LogP contribution in [0.2, 0.25) is 0 Å². The number of alkyl halides is 1. The first kappa shape index (κ1) is 21.9. The van der Waals surface area contributed by atoms with E-state index in [0.717, 1.165) is 28.3 Å². The maximum Gasteiger partial charge on any atom is 0.334 e. The van der Waals surface area contributed by atoms with Crippen LogP contribution in [0.4, 0.5) is 5.82 Å². The van der Waals surface area contributed by atoms with E-state index in [1.807, 2.05) is 43.5 Å². The molecule has 0 fully saturated rings. The Morgan fingerprint density at radius 3 is 2.41 bits per heavy atom. The molecule has 2 heterocycles. The summed E-state index contributed by atoms with van der Waals surface area (Å²) in [5.74, 6) is 0.844. The number of benzene rings is 2. The third-order valence-corrected chi connectivity index (χ3v) is 5.35. The monoisotopic (exact) mass is 447 g/mol. The number of fused-ring (bicyclic) bond motifs is 1. The average Bonchev–Trinajstić information content (AvgIpc) is 3.10. The predicted molar refractivity (Wildman–Crippen MR) is 129 cm³/mol. The number of aromatic nitrogens is 2. The van der Waals surface area contributed by atoms with E-state index in [1.54, 1.807) is 24.3 Å². The highest BCUT2D eigenvalue weighted by molar-refractivity contribution is 6.30. The van der Waals surface area contributed by atoms with E-state index in [9.17, 15) is 4.79 Å². The normalized spacial score (nSPS) is 12.5. The summed E-state index contributed by atoms with van der Waals surface area (Å²) >= 11 is 6.28. The maximum atomic E-state index is 12.4. The van der Waals surface area contributed by atoms with Crippen LogP contribution in [0.5, 0.6) is 5.75 Å². The van der Waals surface area contributed by atoms with Crippen molar-refractivity contribution < 1.29 is 9.53 Å². The smallest absolute Gasteiger partial charge is 0.334 e. The molecule has 0 bridgehead atoms. The molecule has 1 atom stereocenters. The number of imidazole rings is 1. The van der Waals surface area contributed by atoms with Gasteiger partial charge in [-0.15, -0.1) is 11.6 Å². The molecule has 2 aromatic carbocycles. The Morgan fingerprint density at radius 1 is 1.06 bits per heavy atom. The molecule has 5 nitrogen and oxygen atoms in total. The minimum Gasteiger partial charge on any atom is -0.425 e. The van der Waals surface area contributed by atoms with Crippen molar-refractivity contribution in [2.75, 3.05) is 5.32 Å². The molecule has 6 heteroatoms. The van der Waals surface area contributed by atoms with Crippen LogP contribution in [0.15, 0.2) is 72.9 Å². The van der Waals surface area contributed by atoms with Crippen LogP contribution >= 0.6 is 11.6 Å². The van der Waals surface area contributed by atoms with Gasteiger partial charge in [0.15, 0.2) is 5.38 Å². The van der Waals surface area contributed by atoms with Gasteiger partial charge in [-0.1, -0.05) is 30.3 Å². The number of esters is 1. The largest absolute Gasteiger partial charge is 0.425 e. The van der Waals surface area contributed by atoms with Crippen molar-refractivity contribution in [1.29, 1.82) is 0 Å². The van der Waals surface area contributed by atoms with Gasteiger partial charge >= 0.3 is 5.97 Å². The molecule has 0 saturated heterocycles. The van der Waals surface area contributed by atoms with Crippen LogP contribution < -0.4 is 10.1 Å². The number of aryl methyl sites for hydroxylation is 1. The van der Waals surface area contributed by atoms with E-state index in [4.69, 9.17) is 21.3 Å².